The molecule has 1 aromatic rings. The molecular formula is C9H10N4O. The maximum absolute atomic E-state index is 8.64. The molecule has 0 fully saturated rings. The zero-order valence-electron chi connectivity index (χ0n) is 7.69. The highest BCUT2D eigenvalue weighted by Crippen LogP contribution is 2.27. The molecule has 0 amide bonds. The van der Waals surface area contributed by atoms with Gasteiger partial charge in [0.2, 0.25) is 0 Å². The van der Waals surface area contributed by atoms with E-state index in [-0.39, 0.29) is 5.96 Å². The van der Waals surface area contributed by atoms with Crippen LogP contribution in [-0.4, -0.2) is 13.1 Å². The number of ether oxygens (including phenoxy) is 1. The highest BCUT2D eigenvalue weighted by atomic mass is 16.5. The molecule has 5 heteroatoms. The number of hydrogen-bond donors (Lipinski definition) is 2. The monoisotopic (exact) mass is 190 g/mol. The largest absolute Gasteiger partial charge is 0.494 e. The lowest BCUT2D eigenvalue weighted by Crippen LogP contribution is -2.21. The second-order valence-corrected chi connectivity index (χ2v) is 2.54. The molecule has 14 heavy (non-hydrogen) atoms. The first kappa shape index (κ1) is 9.86. The van der Waals surface area contributed by atoms with Gasteiger partial charge in [0, 0.05) is 6.07 Å². The Kier molecular flexibility index (Phi) is 2.92. The van der Waals surface area contributed by atoms with Gasteiger partial charge in [0.25, 0.3) is 0 Å². The molecule has 0 aromatic heterocycles. The Hall–Kier alpha value is -2.22. The maximum atomic E-state index is 8.64. The third kappa shape index (κ3) is 2.14. The van der Waals surface area contributed by atoms with Crippen molar-refractivity contribution in [3.8, 4) is 11.8 Å². The third-order valence-electron chi connectivity index (χ3n) is 1.56. The molecular weight excluding hydrogens is 180 g/mol. The maximum Gasteiger partial charge on any atom is 0.191 e. The van der Waals surface area contributed by atoms with Crippen LogP contribution in [0.4, 0.5) is 5.69 Å². The summed E-state index contributed by atoms with van der Waals surface area (Å²) in [5.74, 6) is 0.422. The highest BCUT2D eigenvalue weighted by molar-refractivity contribution is 5.80. The molecule has 5 nitrogen and oxygen atoms in total. The average molecular weight is 190 g/mol. The van der Waals surface area contributed by atoms with E-state index in [0.717, 1.165) is 0 Å². The number of guanidine groups is 1. The van der Waals surface area contributed by atoms with E-state index >= 15 is 0 Å². The van der Waals surface area contributed by atoms with Crippen LogP contribution in [-0.2, 0) is 0 Å². The summed E-state index contributed by atoms with van der Waals surface area (Å²) >= 11 is 0. The summed E-state index contributed by atoms with van der Waals surface area (Å²) < 4.78 is 5.02. The lowest BCUT2D eigenvalue weighted by Gasteiger charge is -2.04. The minimum atomic E-state index is -0.0481. The van der Waals surface area contributed by atoms with Crippen molar-refractivity contribution in [3.63, 3.8) is 0 Å². The molecule has 0 aliphatic rings. The lowest BCUT2D eigenvalue weighted by atomic mass is 10.2. The van der Waals surface area contributed by atoms with Gasteiger partial charge < -0.3 is 16.2 Å². The van der Waals surface area contributed by atoms with E-state index in [1.807, 2.05) is 6.07 Å². The van der Waals surface area contributed by atoms with Gasteiger partial charge in [-0.3, -0.25) is 0 Å². The molecule has 0 saturated heterocycles. The molecule has 0 heterocycles. The Balaban J connectivity index is 3.20. The fourth-order valence-electron chi connectivity index (χ4n) is 0.979. The van der Waals surface area contributed by atoms with E-state index in [4.69, 9.17) is 21.5 Å². The van der Waals surface area contributed by atoms with Gasteiger partial charge in [-0.15, -0.1) is 0 Å². The molecule has 0 aliphatic carbocycles. The van der Waals surface area contributed by atoms with Crippen molar-refractivity contribution in [2.45, 2.75) is 0 Å². The van der Waals surface area contributed by atoms with Crippen molar-refractivity contribution in [3.05, 3.63) is 23.8 Å². The van der Waals surface area contributed by atoms with E-state index < -0.39 is 0 Å². The molecule has 0 radical (unpaired) electrons. The van der Waals surface area contributed by atoms with E-state index in [1.54, 1.807) is 18.2 Å². The number of hydrogen-bond acceptors (Lipinski definition) is 3. The lowest BCUT2D eigenvalue weighted by molar-refractivity contribution is 0.416. The van der Waals surface area contributed by atoms with Crippen molar-refractivity contribution < 1.29 is 4.74 Å². The molecule has 1 rings (SSSR count). The topological polar surface area (TPSA) is 97.4 Å². The smallest absolute Gasteiger partial charge is 0.191 e. The molecule has 4 N–H and O–H groups in total. The number of methoxy groups -OCH3 is 1. The Morgan fingerprint density at radius 2 is 2.21 bits per heavy atom. The van der Waals surface area contributed by atoms with Crippen molar-refractivity contribution >= 4 is 11.6 Å². The first-order chi connectivity index (χ1) is 6.67. The molecule has 0 bridgehead atoms. The fraction of sp³-hybridized carbons (Fsp3) is 0.111. The highest BCUT2D eigenvalue weighted by Gasteiger charge is 2.02. The quantitative estimate of drug-likeness (QED) is 0.523. The number of nitriles is 1. The van der Waals surface area contributed by atoms with Gasteiger partial charge in [0.15, 0.2) is 5.96 Å². The van der Waals surface area contributed by atoms with Gasteiger partial charge in [0.1, 0.15) is 11.4 Å². The van der Waals surface area contributed by atoms with Crippen LogP contribution in [0, 0.1) is 11.3 Å². The number of benzene rings is 1. The fourth-order valence-corrected chi connectivity index (χ4v) is 0.979. The first-order valence-corrected chi connectivity index (χ1v) is 3.85. The van der Waals surface area contributed by atoms with E-state index in [1.165, 1.54) is 7.11 Å². The van der Waals surface area contributed by atoms with Crippen LogP contribution in [0.5, 0.6) is 5.75 Å². The van der Waals surface area contributed by atoms with Gasteiger partial charge in [-0.2, -0.15) is 5.26 Å². The zero-order valence-corrected chi connectivity index (χ0v) is 7.69. The summed E-state index contributed by atoms with van der Waals surface area (Å²) in [5.41, 5.74) is 11.5. The molecule has 72 valence electrons. The summed E-state index contributed by atoms with van der Waals surface area (Å²) in [6, 6.07) is 6.80. The minimum Gasteiger partial charge on any atom is -0.494 e. The number of nitrogens with two attached hydrogens (primary N) is 2. The van der Waals surface area contributed by atoms with Crippen molar-refractivity contribution in [2.24, 2.45) is 16.5 Å². The minimum absolute atomic E-state index is 0.0481. The third-order valence-corrected chi connectivity index (χ3v) is 1.56. The van der Waals surface area contributed by atoms with Gasteiger partial charge in [-0.1, -0.05) is 0 Å². The summed E-state index contributed by atoms with van der Waals surface area (Å²) in [7, 11) is 1.49. The number of aliphatic imine (C=N–C) groups is 1. The summed E-state index contributed by atoms with van der Waals surface area (Å²) in [6.45, 7) is 0. The van der Waals surface area contributed by atoms with Crippen LogP contribution in [0.15, 0.2) is 23.2 Å². The molecule has 0 saturated carbocycles. The molecule has 1 aromatic carbocycles. The van der Waals surface area contributed by atoms with Gasteiger partial charge in [-0.05, 0) is 12.1 Å². The Morgan fingerprint density at radius 1 is 1.50 bits per heavy atom. The second-order valence-electron chi connectivity index (χ2n) is 2.54. The predicted molar refractivity (Wildman–Crippen MR) is 53.2 cm³/mol. The predicted octanol–water partition coefficient (Wildman–Crippen LogP) is 0.472. The standard InChI is InChI=1S/C9H10N4O/c1-14-8-4-6(5-10)2-3-7(8)13-9(11)12/h2-4H,1H3,(H4,11,12,13). The van der Waals surface area contributed by atoms with Gasteiger partial charge in [-0.25, -0.2) is 4.99 Å². The summed E-state index contributed by atoms with van der Waals surface area (Å²) in [5, 5.41) is 8.64. The summed E-state index contributed by atoms with van der Waals surface area (Å²) in [6.07, 6.45) is 0. The van der Waals surface area contributed by atoms with Gasteiger partial charge >= 0.3 is 0 Å². The van der Waals surface area contributed by atoms with Crippen LogP contribution in [0.1, 0.15) is 5.56 Å². The van der Waals surface area contributed by atoms with E-state index in [9.17, 15) is 0 Å². The molecule has 0 spiro atoms. The molecule has 0 atom stereocenters. The normalized spacial score (nSPS) is 8.86. The number of rotatable bonds is 2. The van der Waals surface area contributed by atoms with E-state index in [0.29, 0.717) is 17.0 Å². The SMILES string of the molecule is COc1cc(C#N)ccc1N=C(N)N. The zero-order chi connectivity index (χ0) is 10.6. The molecule has 0 unspecified atom stereocenters. The van der Waals surface area contributed by atoms with E-state index in [2.05, 4.69) is 4.99 Å². The van der Waals surface area contributed by atoms with Crippen LogP contribution in [0.3, 0.4) is 0 Å². The molecule has 0 aliphatic heterocycles. The number of nitrogens with zero attached hydrogens (tertiary/aromatic N) is 2. The van der Waals surface area contributed by atoms with Crippen molar-refractivity contribution in [1.82, 2.24) is 0 Å². The second kappa shape index (κ2) is 4.14. The van der Waals surface area contributed by atoms with Crippen molar-refractivity contribution in [1.29, 1.82) is 5.26 Å². The Bertz CT molecular complexity index is 402. The summed E-state index contributed by atoms with van der Waals surface area (Å²) in [4.78, 5) is 3.84. The average Bonchev–Trinajstić information content (AvgIpc) is 2.17. The Labute approximate surface area is 81.6 Å². The van der Waals surface area contributed by atoms with Crippen LogP contribution in [0.2, 0.25) is 0 Å². The van der Waals surface area contributed by atoms with Crippen LogP contribution >= 0.6 is 0 Å². The van der Waals surface area contributed by atoms with Crippen LogP contribution in [0.25, 0.3) is 0 Å². The Morgan fingerprint density at radius 3 is 2.71 bits per heavy atom. The van der Waals surface area contributed by atoms with Crippen LogP contribution < -0.4 is 16.2 Å². The van der Waals surface area contributed by atoms with Gasteiger partial charge in [0.05, 0.1) is 18.7 Å². The first-order valence-electron chi connectivity index (χ1n) is 3.85. The van der Waals surface area contributed by atoms with Crippen molar-refractivity contribution in [2.75, 3.05) is 7.11 Å².